The third kappa shape index (κ3) is 1.51. The number of hydrogen-bond donors (Lipinski definition) is 1. The second-order valence-corrected chi connectivity index (χ2v) is 3.19. The maximum atomic E-state index is 9.56. The van der Waals surface area contributed by atoms with Gasteiger partial charge >= 0.3 is 0 Å². The summed E-state index contributed by atoms with van der Waals surface area (Å²) >= 11 is 0. The van der Waals surface area contributed by atoms with Gasteiger partial charge in [0.15, 0.2) is 0 Å². The van der Waals surface area contributed by atoms with E-state index in [0.29, 0.717) is 0 Å². The van der Waals surface area contributed by atoms with Gasteiger partial charge in [-0.2, -0.15) is 0 Å². The van der Waals surface area contributed by atoms with Crippen LogP contribution in [0.15, 0.2) is 35.5 Å². The third-order valence-electron chi connectivity index (χ3n) is 2.47. The Morgan fingerprint density at radius 2 is 2.33 bits per heavy atom. The molecule has 0 aromatic carbocycles. The summed E-state index contributed by atoms with van der Waals surface area (Å²) < 4.78 is 0. The molecule has 0 bridgehead atoms. The van der Waals surface area contributed by atoms with Crippen LogP contribution in [-0.4, -0.2) is 11.2 Å². The van der Waals surface area contributed by atoms with Crippen molar-refractivity contribution in [2.24, 2.45) is 0 Å². The highest BCUT2D eigenvalue weighted by Crippen LogP contribution is 2.33. The van der Waals surface area contributed by atoms with Gasteiger partial charge in [-0.05, 0) is 37.0 Å². The number of aliphatic hydroxyl groups excluding tert-OH is 1. The third-order valence-corrected chi connectivity index (χ3v) is 2.47. The highest BCUT2D eigenvalue weighted by Gasteiger charge is 2.22. The lowest BCUT2D eigenvalue weighted by atomic mass is 10.0. The van der Waals surface area contributed by atoms with E-state index in [0.717, 1.165) is 18.4 Å². The van der Waals surface area contributed by atoms with Gasteiger partial charge in [0, 0.05) is 6.42 Å². The zero-order chi connectivity index (χ0) is 9.14. The molecule has 0 saturated heterocycles. The van der Waals surface area contributed by atoms with Gasteiger partial charge in [0.05, 0.1) is 6.10 Å². The molecule has 1 rings (SSSR count). The fourth-order valence-corrected chi connectivity index (χ4v) is 1.67. The first-order valence-corrected chi connectivity index (χ1v) is 4.34. The SMILES string of the molecule is C=CCC1=C(C)[C@@H](O)C/C1=C/C. The maximum Gasteiger partial charge on any atom is 0.0793 e. The highest BCUT2D eigenvalue weighted by molar-refractivity contribution is 5.43. The Hall–Kier alpha value is -0.820. The minimum atomic E-state index is -0.258. The summed E-state index contributed by atoms with van der Waals surface area (Å²) in [6, 6.07) is 0. The molecule has 1 atom stereocenters. The first kappa shape index (κ1) is 9.27. The molecule has 12 heavy (non-hydrogen) atoms. The maximum absolute atomic E-state index is 9.56. The Morgan fingerprint density at radius 1 is 1.67 bits per heavy atom. The topological polar surface area (TPSA) is 20.2 Å². The van der Waals surface area contributed by atoms with Crippen molar-refractivity contribution < 1.29 is 5.11 Å². The second kappa shape index (κ2) is 3.72. The van der Waals surface area contributed by atoms with E-state index in [9.17, 15) is 5.11 Å². The van der Waals surface area contributed by atoms with Crippen LogP contribution < -0.4 is 0 Å². The molecule has 0 aromatic rings. The van der Waals surface area contributed by atoms with Crippen molar-refractivity contribution in [1.29, 1.82) is 0 Å². The molecule has 66 valence electrons. The van der Waals surface area contributed by atoms with E-state index in [1.165, 1.54) is 11.1 Å². The number of hydrogen-bond acceptors (Lipinski definition) is 1. The van der Waals surface area contributed by atoms with Crippen LogP contribution in [0.4, 0.5) is 0 Å². The summed E-state index contributed by atoms with van der Waals surface area (Å²) in [6.45, 7) is 7.73. The van der Waals surface area contributed by atoms with Crippen LogP contribution in [0.2, 0.25) is 0 Å². The van der Waals surface area contributed by atoms with Crippen molar-refractivity contribution in [3.05, 3.63) is 35.5 Å². The van der Waals surface area contributed by atoms with E-state index < -0.39 is 0 Å². The van der Waals surface area contributed by atoms with Crippen molar-refractivity contribution in [1.82, 2.24) is 0 Å². The second-order valence-electron chi connectivity index (χ2n) is 3.19. The minimum Gasteiger partial charge on any atom is -0.388 e. The van der Waals surface area contributed by atoms with Gasteiger partial charge in [-0.25, -0.2) is 0 Å². The Balaban J connectivity index is 2.94. The minimum absolute atomic E-state index is 0.258. The number of aliphatic hydroxyl groups is 1. The normalized spacial score (nSPS) is 26.9. The van der Waals surface area contributed by atoms with Crippen molar-refractivity contribution in [3.8, 4) is 0 Å². The lowest BCUT2D eigenvalue weighted by molar-refractivity contribution is 0.219. The molecule has 1 heteroatoms. The molecule has 0 radical (unpaired) electrons. The molecule has 0 aromatic heterocycles. The van der Waals surface area contributed by atoms with Gasteiger partial charge in [-0.15, -0.1) is 6.58 Å². The molecule has 0 saturated carbocycles. The number of rotatable bonds is 2. The molecule has 1 nitrogen and oxygen atoms in total. The average Bonchev–Trinajstić information content (AvgIpc) is 2.33. The van der Waals surface area contributed by atoms with Crippen LogP contribution in [0, 0.1) is 0 Å². The monoisotopic (exact) mass is 164 g/mol. The molecule has 0 fully saturated rings. The van der Waals surface area contributed by atoms with Crippen molar-refractivity contribution in [2.75, 3.05) is 0 Å². The Labute approximate surface area is 74.1 Å². The summed E-state index contributed by atoms with van der Waals surface area (Å²) in [5.74, 6) is 0. The lowest BCUT2D eigenvalue weighted by Crippen LogP contribution is -2.01. The highest BCUT2D eigenvalue weighted by atomic mass is 16.3. The zero-order valence-corrected chi connectivity index (χ0v) is 7.80. The summed E-state index contributed by atoms with van der Waals surface area (Å²) in [5, 5.41) is 9.56. The molecule has 0 amide bonds. The molecule has 0 aliphatic heterocycles. The van der Waals surface area contributed by atoms with E-state index in [4.69, 9.17) is 0 Å². The largest absolute Gasteiger partial charge is 0.388 e. The molecule has 1 aliphatic carbocycles. The molecule has 0 unspecified atom stereocenters. The Kier molecular flexibility index (Phi) is 2.88. The lowest BCUT2D eigenvalue weighted by Gasteiger charge is -2.01. The fourth-order valence-electron chi connectivity index (χ4n) is 1.67. The number of allylic oxidation sites excluding steroid dienone is 3. The standard InChI is InChI=1S/C11H16O/c1-4-6-10-8(3)11(12)7-9(10)5-2/h4-5,11-12H,1,6-7H2,2-3H3/b9-5-/t11-/m0/s1. The van der Waals surface area contributed by atoms with Crippen LogP contribution in [-0.2, 0) is 0 Å². The first-order valence-electron chi connectivity index (χ1n) is 4.34. The first-order chi connectivity index (χ1) is 5.70. The van der Waals surface area contributed by atoms with Crippen molar-refractivity contribution in [3.63, 3.8) is 0 Å². The van der Waals surface area contributed by atoms with Gasteiger partial charge in [0.2, 0.25) is 0 Å². The smallest absolute Gasteiger partial charge is 0.0793 e. The quantitative estimate of drug-likeness (QED) is 0.622. The van der Waals surface area contributed by atoms with Crippen LogP contribution >= 0.6 is 0 Å². The van der Waals surface area contributed by atoms with E-state index in [1.54, 1.807) is 0 Å². The van der Waals surface area contributed by atoms with E-state index in [1.807, 2.05) is 19.9 Å². The Morgan fingerprint density at radius 3 is 2.83 bits per heavy atom. The fraction of sp³-hybridized carbons (Fsp3) is 0.455. The van der Waals surface area contributed by atoms with Crippen molar-refractivity contribution >= 4 is 0 Å². The Bertz CT molecular complexity index is 246. The summed E-state index contributed by atoms with van der Waals surface area (Å²) in [7, 11) is 0. The average molecular weight is 164 g/mol. The van der Waals surface area contributed by atoms with E-state index >= 15 is 0 Å². The summed E-state index contributed by atoms with van der Waals surface area (Å²) in [4.78, 5) is 0. The molecule has 0 heterocycles. The molecular weight excluding hydrogens is 148 g/mol. The van der Waals surface area contributed by atoms with E-state index in [-0.39, 0.29) is 6.10 Å². The predicted molar refractivity (Wildman–Crippen MR) is 51.9 cm³/mol. The van der Waals surface area contributed by atoms with E-state index in [2.05, 4.69) is 12.7 Å². The molecule has 0 spiro atoms. The van der Waals surface area contributed by atoms with Gasteiger partial charge in [-0.3, -0.25) is 0 Å². The summed E-state index contributed by atoms with van der Waals surface area (Å²) in [6.07, 6.45) is 5.37. The molecule has 1 aliphatic rings. The van der Waals surface area contributed by atoms with Crippen LogP contribution in [0.1, 0.15) is 26.7 Å². The van der Waals surface area contributed by atoms with Gasteiger partial charge in [-0.1, -0.05) is 12.2 Å². The molecular formula is C11H16O. The van der Waals surface area contributed by atoms with Gasteiger partial charge in [0.1, 0.15) is 0 Å². The van der Waals surface area contributed by atoms with Crippen molar-refractivity contribution in [2.45, 2.75) is 32.8 Å². The predicted octanol–water partition coefficient (Wildman–Crippen LogP) is 2.59. The van der Waals surface area contributed by atoms with Crippen LogP contribution in [0.25, 0.3) is 0 Å². The van der Waals surface area contributed by atoms with Gasteiger partial charge < -0.3 is 5.11 Å². The summed E-state index contributed by atoms with van der Waals surface area (Å²) in [5.41, 5.74) is 3.67. The molecule has 1 N–H and O–H groups in total. The van der Waals surface area contributed by atoms with Gasteiger partial charge in [0.25, 0.3) is 0 Å². The van der Waals surface area contributed by atoms with Crippen LogP contribution in [0.5, 0.6) is 0 Å². The van der Waals surface area contributed by atoms with Crippen LogP contribution in [0.3, 0.4) is 0 Å². The zero-order valence-electron chi connectivity index (χ0n) is 7.80.